The Balaban J connectivity index is 2.09. The fraction of sp³-hybridized carbons (Fsp3) is 0.400. The number of carboxylic acids is 1. The van der Waals surface area contributed by atoms with Crippen LogP contribution in [0.15, 0.2) is 18.2 Å². The molecule has 1 atom stereocenters. The average Bonchev–Trinajstić information content (AvgIpc) is 2.68. The van der Waals surface area contributed by atoms with Gasteiger partial charge in [0.1, 0.15) is 17.2 Å². The monoisotopic (exact) mass is 454 g/mol. The second-order valence-corrected chi connectivity index (χ2v) is 8.38. The Morgan fingerprint density at radius 3 is 2.45 bits per heavy atom. The summed E-state index contributed by atoms with van der Waals surface area (Å²) in [7, 11) is 0. The average molecular weight is 455 g/mol. The van der Waals surface area contributed by atoms with Gasteiger partial charge in [0.15, 0.2) is 11.5 Å². The van der Waals surface area contributed by atoms with E-state index in [1.165, 1.54) is 11.0 Å². The van der Waals surface area contributed by atoms with E-state index in [0.717, 1.165) is 12.1 Å². The van der Waals surface area contributed by atoms with Crippen LogP contribution < -0.4 is 9.80 Å². The number of halogens is 3. The lowest BCUT2D eigenvalue weighted by Crippen LogP contribution is -2.47. The van der Waals surface area contributed by atoms with E-state index in [1.807, 2.05) is 0 Å². The van der Waals surface area contributed by atoms with Gasteiger partial charge in [0.25, 0.3) is 0 Å². The van der Waals surface area contributed by atoms with Crippen LogP contribution in [0.1, 0.15) is 49.8 Å². The number of fused-ring (bicyclic) bond motifs is 1. The van der Waals surface area contributed by atoms with Gasteiger partial charge in [0.2, 0.25) is 0 Å². The smallest absolute Gasteiger partial charge is 0.416 e. The number of anilines is 2. The van der Waals surface area contributed by atoms with Crippen molar-refractivity contribution in [3.63, 3.8) is 0 Å². The predicted molar refractivity (Wildman–Crippen MR) is 110 cm³/mol. The fourth-order valence-electron chi connectivity index (χ4n) is 3.30. The maximum absolute atomic E-state index is 14.5. The molecule has 0 aliphatic carbocycles. The Labute approximate surface area is 182 Å². The highest BCUT2D eigenvalue weighted by Gasteiger charge is 2.36. The van der Waals surface area contributed by atoms with Crippen LogP contribution in [-0.2, 0) is 4.74 Å². The first-order valence-corrected chi connectivity index (χ1v) is 9.80. The molecule has 0 spiro atoms. The highest BCUT2D eigenvalue weighted by Crippen LogP contribution is 2.40. The van der Waals surface area contributed by atoms with Crippen LogP contribution in [0.2, 0.25) is 5.02 Å². The van der Waals surface area contributed by atoms with Crippen LogP contribution in [0.5, 0.6) is 0 Å². The SMILES string of the molecule is CC(c1c(F)ccc(F)c1Cl)N1CCN(C(=O)OC(C)(C)C)c2nnc(C(=O)O)cc21. The summed E-state index contributed by atoms with van der Waals surface area (Å²) in [5.41, 5.74) is -1.02. The van der Waals surface area contributed by atoms with Gasteiger partial charge in [-0.25, -0.2) is 18.4 Å². The molecule has 1 amide bonds. The summed E-state index contributed by atoms with van der Waals surface area (Å²) in [5, 5.41) is 16.5. The molecular weight excluding hydrogens is 434 g/mol. The number of ether oxygens (including phenoxy) is 1. The normalized spacial score (nSPS) is 14.8. The molecule has 0 bridgehead atoms. The summed E-state index contributed by atoms with van der Waals surface area (Å²) in [6.07, 6.45) is -0.687. The maximum Gasteiger partial charge on any atom is 0.416 e. The van der Waals surface area contributed by atoms with Gasteiger partial charge in [0, 0.05) is 24.7 Å². The molecule has 2 heterocycles. The Hall–Kier alpha value is -3.01. The van der Waals surface area contributed by atoms with Gasteiger partial charge in [-0.1, -0.05) is 11.6 Å². The molecule has 31 heavy (non-hydrogen) atoms. The third-order valence-electron chi connectivity index (χ3n) is 4.68. The van der Waals surface area contributed by atoms with Crippen LogP contribution in [0.4, 0.5) is 25.1 Å². The molecule has 166 valence electrons. The molecule has 3 rings (SSSR count). The van der Waals surface area contributed by atoms with E-state index < -0.39 is 35.3 Å². The highest BCUT2D eigenvalue weighted by atomic mass is 35.5. The first-order valence-electron chi connectivity index (χ1n) is 9.42. The van der Waals surface area contributed by atoms with Crippen molar-refractivity contribution < 1.29 is 28.2 Å². The van der Waals surface area contributed by atoms with Gasteiger partial charge in [-0.2, -0.15) is 0 Å². The molecule has 0 saturated carbocycles. The van der Waals surface area contributed by atoms with Gasteiger partial charge in [-0.15, -0.1) is 10.2 Å². The Kier molecular flexibility index (Phi) is 6.04. The zero-order chi connectivity index (χ0) is 23.1. The minimum Gasteiger partial charge on any atom is -0.476 e. The molecule has 11 heteroatoms. The Morgan fingerprint density at radius 2 is 1.84 bits per heavy atom. The molecule has 0 radical (unpaired) electrons. The van der Waals surface area contributed by atoms with Gasteiger partial charge in [-0.3, -0.25) is 4.90 Å². The first-order chi connectivity index (χ1) is 14.4. The summed E-state index contributed by atoms with van der Waals surface area (Å²) in [6, 6.07) is 2.32. The summed E-state index contributed by atoms with van der Waals surface area (Å²) < 4.78 is 33.9. The standard InChI is InChI=1S/C20H21ClF2N4O4/c1-10(15-11(22)5-6-12(23)16(15)21)26-7-8-27(19(30)31-20(2,3)4)17-14(26)9-13(18(28)29)24-25-17/h5-6,9-10H,7-8H2,1-4H3,(H,28,29). The van der Waals surface area contributed by atoms with E-state index in [9.17, 15) is 23.5 Å². The lowest BCUT2D eigenvalue weighted by Gasteiger charge is -2.40. The third-order valence-corrected chi connectivity index (χ3v) is 5.07. The molecule has 0 saturated heterocycles. The van der Waals surface area contributed by atoms with E-state index in [2.05, 4.69) is 10.2 Å². The third kappa shape index (κ3) is 4.53. The number of rotatable bonds is 3. The largest absolute Gasteiger partial charge is 0.476 e. The highest BCUT2D eigenvalue weighted by molar-refractivity contribution is 6.31. The Bertz CT molecular complexity index is 1040. The summed E-state index contributed by atoms with van der Waals surface area (Å²) in [4.78, 5) is 26.9. The molecule has 2 aromatic rings. The minimum atomic E-state index is -1.33. The van der Waals surface area contributed by atoms with Crippen molar-refractivity contribution in [2.24, 2.45) is 0 Å². The molecule has 0 fully saturated rings. The number of aromatic carboxylic acids is 1. The fourth-order valence-corrected chi connectivity index (χ4v) is 3.61. The number of aromatic nitrogens is 2. The van der Waals surface area contributed by atoms with E-state index in [-0.39, 0.29) is 40.9 Å². The topological polar surface area (TPSA) is 95.9 Å². The molecule has 8 nitrogen and oxygen atoms in total. The molecule has 1 aliphatic rings. The molecule has 1 aromatic carbocycles. The van der Waals surface area contributed by atoms with E-state index in [0.29, 0.717) is 0 Å². The van der Waals surface area contributed by atoms with Crippen molar-refractivity contribution in [3.8, 4) is 0 Å². The van der Waals surface area contributed by atoms with Crippen LogP contribution in [0.3, 0.4) is 0 Å². The summed E-state index contributed by atoms with van der Waals surface area (Å²) >= 11 is 6.02. The van der Waals surface area contributed by atoms with E-state index >= 15 is 0 Å². The summed E-state index contributed by atoms with van der Waals surface area (Å²) in [6.45, 7) is 6.97. The van der Waals surface area contributed by atoms with Crippen molar-refractivity contribution in [1.82, 2.24) is 10.2 Å². The molecule has 1 aromatic heterocycles. The predicted octanol–water partition coefficient (Wildman–Crippen LogP) is 4.43. The first kappa shape index (κ1) is 22.7. The van der Waals surface area contributed by atoms with E-state index in [4.69, 9.17) is 16.3 Å². The summed E-state index contributed by atoms with van der Waals surface area (Å²) in [5.74, 6) is -2.77. The minimum absolute atomic E-state index is 0.0466. The van der Waals surface area contributed by atoms with E-state index in [1.54, 1.807) is 32.6 Å². The van der Waals surface area contributed by atoms with Crippen molar-refractivity contribution >= 4 is 35.2 Å². The number of amides is 1. The Morgan fingerprint density at radius 1 is 1.19 bits per heavy atom. The van der Waals surface area contributed by atoms with Crippen molar-refractivity contribution in [2.75, 3.05) is 22.9 Å². The number of benzene rings is 1. The molecule has 1 N–H and O–H groups in total. The van der Waals surface area contributed by atoms with Gasteiger partial charge in [-0.05, 0) is 39.8 Å². The van der Waals surface area contributed by atoms with Gasteiger partial charge >= 0.3 is 12.1 Å². The number of nitrogens with zero attached hydrogens (tertiary/aromatic N) is 4. The van der Waals surface area contributed by atoms with Gasteiger partial charge in [0.05, 0.1) is 16.8 Å². The van der Waals surface area contributed by atoms with Crippen LogP contribution >= 0.6 is 11.6 Å². The van der Waals surface area contributed by atoms with Crippen LogP contribution in [0, 0.1) is 11.6 Å². The number of carbonyl (C=O) groups is 2. The van der Waals surface area contributed by atoms with Crippen LogP contribution in [0.25, 0.3) is 0 Å². The maximum atomic E-state index is 14.5. The van der Waals surface area contributed by atoms with Gasteiger partial charge < -0.3 is 14.7 Å². The molecular formula is C20H21ClF2N4O4. The zero-order valence-electron chi connectivity index (χ0n) is 17.3. The lowest BCUT2D eigenvalue weighted by molar-refractivity contribution is 0.0578. The molecule has 1 aliphatic heterocycles. The number of carboxylic acid groups (broad SMARTS) is 1. The number of hydrogen-bond acceptors (Lipinski definition) is 6. The quantitative estimate of drug-likeness (QED) is 0.685. The zero-order valence-corrected chi connectivity index (χ0v) is 18.1. The second kappa shape index (κ2) is 8.26. The lowest BCUT2D eigenvalue weighted by atomic mass is 10.0. The van der Waals surface area contributed by atoms with Crippen molar-refractivity contribution in [1.29, 1.82) is 0 Å². The van der Waals surface area contributed by atoms with Crippen molar-refractivity contribution in [2.45, 2.75) is 39.3 Å². The molecule has 1 unspecified atom stereocenters. The van der Waals surface area contributed by atoms with Crippen molar-refractivity contribution in [3.05, 3.63) is 46.1 Å². The van der Waals surface area contributed by atoms with Crippen LogP contribution in [-0.4, -0.2) is 46.1 Å². The second-order valence-electron chi connectivity index (χ2n) is 8.00. The number of hydrogen-bond donors (Lipinski definition) is 1. The number of carbonyl (C=O) groups excluding carboxylic acids is 1.